The van der Waals surface area contributed by atoms with E-state index in [1.807, 2.05) is 0 Å². The van der Waals surface area contributed by atoms with Crippen LogP contribution in [0.4, 0.5) is 0 Å². The van der Waals surface area contributed by atoms with Gasteiger partial charge in [0.2, 0.25) is 0 Å². The van der Waals surface area contributed by atoms with Gasteiger partial charge in [-0.05, 0) is 13.3 Å². The largest absolute Gasteiger partial charge is 0.465 e. The van der Waals surface area contributed by atoms with Crippen molar-refractivity contribution >= 4 is 12.3 Å². The van der Waals surface area contributed by atoms with E-state index in [4.69, 9.17) is 4.74 Å². The van der Waals surface area contributed by atoms with Crippen LogP contribution < -0.4 is 0 Å². The third-order valence-electron chi connectivity index (χ3n) is 2.12. The van der Waals surface area contributed by atoms with Gasteiger partial charge in [0.05, 0.1) is 6.61 Å². The van der Waals surface area contributed by atoms with Crippen LogP contribution in [0.5, 0.6) is 0 Å². The molecule has 0 rings (SSSR count). The zero-order valence-corrected chi connectivity index (χ0v) is 9.12. The Kier molecular flexibility index (Phi) is 8.19. The molecule has 1 atom stereocenters. The van der Waals surface area contributed by atoms with Crippen LogP contribution in [0.1, 0.15) is 46.0 Å². The summed E-state index contributed by atoms with van der Waals surface area (Å²) in [4.78, 5) is 21.8. The molecule has 0 aromatic heterocycles. The lowest BCUT2D eigenvalue weighted by atomic mass is 10.0. The Hall–Kier alpha value is -0.860. The number of carbonyl (C=O) groups excluding carboxylic acids is 2. The van der Waals surface area contributed by atoms with Crippen LogP contribution in [0, 0.1) is 5.92 Å². The highest BCUT2D eigenvalue weighted by Crippen LogP contribution is 2.10. The summed E-state index contributed by atoms with van der Waals surface area (Å²) >= 11 is 0. The molecule has 1 unspecified atom stereocenters. The summed E-state index contributed by atoms with van der Waals surface area (Å²) in [5, 5.41) is 0. The predicted molar refractivity (Wildman–Crippen MR) is 54.9 cm³/mol. The first-order valence-corrected chi connectivity index (χ1v) is 5.38. The van der Waals surface area contributed by atoms with E-state index in [1.165, 1.54) is 0 Å². The van der Waals surface area contributed by atoms with Gasteiger partial charge in [-0.25, -0.2) is 0 Å². The molecule has 0 amide bonds. The third-order valence-corrected chi connectivity index (χ3v) is 2.12. The van der Waals surface area contributed by atoms with Gasteiger partial charge in [-0.2, -0.15) is 0 Å². The van der Waals surface area contributed by atoms with Gasteiger partial charge >= 0.3 is 5.97 Å². The molecular weight excluding hydrogens is 180 g/mol. The average Bonchev–Trinajstić information content (AvgIpc) is 2.18. The van der Waals surface area contributed by atoms with Gasteiger partial charge in [-0.1, -0.05) is 32.6 Å². The number of hydrogen-bond donors (Lipinski definition) is 0. The van der Waals surface area contributed by atoms with Gasteiger partial charge in [0.15, 0.2) is 0 Å². The van der Waals surface area contributed by atoms with Crippen LogP contribution in [-0.2, 0) is 14.3 Å². The SMILES string of the molecule is CCCCCCC(C=O)C(=O)OCC. The van der Waals surface area contributed by atoms with E-state index in [9.17, 15) is 9.59 Å². The Balaban J connectivity index is 3.67. The topological polar surface area (TPSA) is 43.4 Å². The summed E-state index contributed by atoms with van der Waals surface area (Å²) < 4.78 is 4.78. The van der Waals surface area contributed by atoms with Crippen molar-refractivity contribution in [2.45, 2.75) is 46.0 Å². The minimum absolute atomic E-state index is 0.345. The molecular formula is C11H20O3. The first-order chi connectivity index (χ1) is 6.76. The second-order valence-electron chi connectivity index (χ2n) is 3.34. The predicted octanol–water partition coefficient (Wildman–Crippen LogP) is 2.33. The van der Waals surface area contributed by atoms with E-state index in [0.717, 1.165) is 25.7 Å². The molecule has 82 valence electrons. The quantitative estimate of drug-likeness (QED) is 0.261. The highest BCUT2D eigenvalue weighted by molar-refractivity contribution is 5.87. The lowest BCUT2D eigenvalue weighted by Gasteiger charge is -2.08. The van der Waals surface area contributed by atoms with Crippen LogP contribution in [0.25, 0.3) is 0 Å². The molecule has 14 heavy (non-hydrogen) atoms. The fourth-order valence-electron chi connectivity index (χ4n) is 1.28. The van der Waals surface area contributed by atoms with E-state index >= 15 is 0 Å². The van der Waals surface area contributed by atoms with E-state index in [2.05, 4.69) is 6.92 Å². The number of ether oxygens (including phenoxy) is 1. The summed E-state index contributed by atoms with van der Waals surface area (Å²) in [5.41, 5.74) is 0. The summed E-state index contributed by atoms with van der Waals surface area (Å²) in [7, 11) is 0. The van der Waals surface area contributed by atoms with Crippen molar-refractivity contribution in [1.29, 1.82) is 0 Å². The van der Waals surface area contributed by atoms with Gasteiger partial charge in [0.25, 0.3) is 0 Å². The fourth-order valence-corrected chi connectivity index (χ4v) is 1.28. The summed E-state index contributed by atoms with van der Waals surface area (Å²) in [6.45, 7) is 4.22. The molecule has 3 nitrogen and oxygen atoms in total. The summed E-state index contributed by atoms with van der Waals surface area (Å²) in [6.07, 6.45) is 5.65. The van der Waals surface area contributed by atoms with Crippen molar-refractivity contribution in [3.63, 3.8) is 0 Å². The second-order valence-corrected chi connectivity index (χ2v) is 3.34. The zero-order valence-electron chi connectivity index (χ0n) is 9.12. The number of unbranched alkanes of at least 4 members (excludes halogenated alkanes) is 3. The highest BCUT2D eigenvalue weighted by Gasteiger charge is 2.17. The smallest absolute Gasteiger partial charge is 0.316 e. The summed E-state index contributed by atoms with van der Waals surface area (Å²) in [5.74, 6) is -0.925. The molecule has 3 heteroatoms. The Labute approximate surface area is 85.8 Å². The minimum atomic E-state index is -0.549. The second kappa shape index (κ2) is 8.73. The highest BCUT2D eigenvalue weighted by atomic mass is 16.5. The Bertz CT molecular complexity index is 166. The van der Waals surface area contributed by atoms with Crippen LogP contribution in [0.3, 0.4) is 0 Å². The minimum Gasteiger partial charge on any atom is -0.465 e. The molecule has 0 aromatic rings. The van der Waals surface area contributed by atoms with Crippen molar-refractivity contribution in [3.8, 4) is 0 Å². The van der Waals surface area contributed by atoms with Gasteiger partial charge in [-0.15, -0.1) is 0 Å². The molecule has 0 aliphatic heterocycles. The molecule has 0 heterocycles. The summed E-state index contributed by atoms with van der Waals surface area (Å²) in [6, 6.07) is 0. The Morgan fingerprint density at radius 3 is 2.50 bits per heavy atom. The normalized spacial score (nSPS) is 12.1. The molecule has 0 radical (unpaired) electrons. The maximum atomic E-state index is 11.2. The van der Waals surface area contributed by atoms with E-state index in [-0.39, 0.29) is 5.97 Å². The lowest BCUT2D eigenvalue weighted by molar-refractivity contribution is -0.149. The number of carbonyl (C=O) groups is 2. The maximum Gasteiger partial charge on any atom is 0.316 e. The molecule has 0 saturated heterocycles. The molecule has 0 aliphatic carbocycles. The van der Waals surface area contributed by atoms with Crippen molar-refractivity contribution in [3.05, 3.63) is 0 Å². The Morgan fingerprint density at radius 1 is 1.29 bits per heavy atom. The molecule has 0 bridgehead atoms. The molecule has 0 fully saturated rings. The molecule has 0 spiro atoms. The maximum absolute atomic E-state index is 11.2. The fraction of sp³-hybridized carbons (Fsp3) is 0.818. The van der Waals surface area contributed by atoms with Gasteiger partial charge in [0.1, 0.15) is 12.2 Å². The van der Waals surface area contributed by atoms with Crippen LogP contribution in [0.2, 0.25) is 0 Å². The van der Waals surface area contributed by atoms with Crippen LogP contribution in [-0.4, -0.2) is 18.9 Å². The number of esters is 1. The lowest BCUT2D eigenvalue weighted by Crippen LogP contribution is -2.18. The molecule has 0 aliphatic rings. The molecule has 0 aromatic carbocycles. The molecule has 0 saturated carbocycles. The zero-order chi connectivity index (χ0) is 10.8. The van der Waals surface area contributed by atoms with Gasteiger partial charge < -0.3 is 9.53 Å². The van der Waals surface area contributed by atoms with Crippen molar-refractivity contribution < 1.29 is 14.3 Å². The van der Waals surface area contributed by atoms with E-state index < -0.39 is 5.92 Å². The third kappa shape index (κ3) is 5.73. The van der Waals surface area contributed by atoms with E-state index in [0.29, 0.717) is 19.3 Å². The van der Waals surface area contributed by atoms with Crippen molar-refractivity contribution in [1.82, 2.24) is 0 Å². The number of rotatable bonds is 8. The van der Waals surface area contributed by atoms with Crippen molar-refractivity contribution in [2.75, 3.05) is 6.61 Å². The van der Waals surface area contributed by atoms with Gasteiger partial charge in [-0.3, -0.25) is 4.79 Å². The van der Waals surface area contributed by atoms with Crippen LogP contribution in [0.15, 0.2) is 0 Å². The Morgan fingerprint density at radius 2 is 2.00 bits per heavy atom. The van der Waals surface area contributed by atoms with E-state index in [1.54, 1.807) is 6.92 Å². The van der Waals surface area contributed by atoms with Gasteiger partial charge in [0, 0.05) is 0 Å². The first-order valence-electron chi connectivity index (χ1n) is 5.38. The van der Waals surface area contributed by atoms with Crippen LogP contribution >= 0.6 is 0 Å². The molecule has 0 N–H and O–H groups in total. The number of aldehydes is 1. The average molecular weight is 200 g/mol. The number of hydrogen-bond acceptors (Lipinski definition) is 3. The standard InChI is InChI=1S/C11H20O3/c1-3-5-6-7-8-10(9-12)11(13)14-4-2/h9-10H,3-8H2,1-2H3. The monoisotopic (exact) mass is 200 g/mol. The first kappa shape index (κ1) is 13.1. The van der Waals surface area contributed by atoms with Crippen molar-refractivity contribution in [2.24, 2.45) is 5.92 Å².